The molecule has 0 fully saturated rings. The standard InChI is InChI=1S/C20H20N2O5S/c1-4-27-20(26)16-11(2)12(3)28-17(16)21-15(23)9-10-22-18(24)13-7-5-6-8-14(13)19(22)25/h5-8H,4,9-10H2,1-3H3,(H,21,23). The second-order valence-electron chi connectivity index (χ2n) is 6.31. The number of esters is 1. The van der Waals surface area contributed by atoms with Gasteiger partial charge in [-0.3, -0.25) is 19.3 Å². The van der Waals surface area contributed by atoms with Crippen LogP contribution in [0.5, 0.6) is 0 Å². The molecule has 2 heterocycles. The number of nitrogens with zero attached hydrogens (tertiary/aromatic N) is 1. The zero-order chi connectivity index (χ0) is 20.4. The van der Waals surface area contributed by atoms with E-state index < -0.39 is 17.8 Å². The minimum absolute atomic E-state index is 0.0315. The molecule has 0 bridgehead atoms. The molecule has 0 spiro atoms. The van der Waals surface area contributed by atoms with Gasteiger partial charge < -0.3 is 10.1 Å². The molecule has 1 aromatic carbocycles. The maximum atomic E-state index is 12.4. The van der Waals surface area contributed by atoms with Crippen molar-refractivity contribution in [1.29, 1.82) is 0 Å². The number of thiophene rings is 1. The number of amides is 3. The molecule has 0 atom stereocenters. The van der Waals surface area contributed by atoms with Crippen LogP contribution in [0.15, 0.2) is 24.3 Å². The van der Waals surface area contributed by atoms with E-state index in [9.17, 15) is 19.2 Å². The van der Waals surface area contributed by atoms with Crippen LogP contribution in [-0.2, 0) is 9.53 Å². The Labute approximate surface area is 166 Å². The van der Waals surface area contributed by atoms with E-state index in [-0.39, 0.29) is 25.5 Å². The molecule has 0 aliphatic carbocycles. The van der Waals surface area contributed by atoms with Gasteiger partial charge in [0.25, 0.3) is 11.8 Å². The van der Waals surface area contributed by atoms with Crippen LogP contribution in [0.25, 0.3) is 0 Å². The maximum Gasteiger partial charge on any atom is 0.341 e. The number of hydrogen-bond acceptors (Lipinski definition) is 6. The molecule has 1 aromatic heterocycles. The van der Waals surface area contributed by atoms with Crippen molar-refractivity contribution in [3.63, 3.8) is 0 Å². The smallest absolute Gasteiger partial charge is 0.341 e. The Kier molecular flexibility index (Phi) is 5.60. The van der Waals surface area contributed by atoms with Gasteiger partial charge in [-0.05, 0) is 38.5 Å². The number of carbonyl (C=O) groups is 4. The second-order valence-corrected chi connectivity index (χ2v) is 7.54. The monoisotopic (exact) mass is 400 g/mol. The highest BCUT2D eigenvalue weighted by molar-refractivity contribution is 7.16. The lowest BCUT2D eigenvalue weighted by Gasteiger charge is -2.13. The van der Waals surface area contributed by atoms with E-state index in [0.717, 1.165) is 15.3 Å². The van der Waals surface area contributed by atoms with Crippen molar-refractivity contribution in [2.75, 3.05) is 18.5 Å². The van der Waals surface area contributed by atoms with E-state index in [1.807, 2.05) is 6.92 Å². The molecule has 0 saturated carbocycles. The molecule has 7 nitrogen and oxygen atoms in total. The molecule has 3 amide bonds. The summed E-state index contributed by atoms with van der Waals surface area (Å²) in [5, 5.41) is 3.13. The largest absolute Gasteiger partial charge is 0.462 e. The summed E-state index contributed by atoms with van der Waals surface area (Å²) in [7, 11) is 0. The first-order valence-corrected chi connectivity index (χ1v) is 9.69. The number of fused-ring (bicyclic) bond motifs is 1. The summed E-state index contributed by atoms with van der Waals surface area (Å²) in [5.74, 6) is -1.67. The molecular weight excluding hydrogens is 380 g/mol. The van der Waals surface area contributed by atoms with E-state index in [0.29, 0.717) is 21.7 Å². The van der Waals surface area contributed by atoms with Gasteiger partial charge in [0.05, 0.1) is 23.3 Å². The summed E-state index contributed by atoms with van der Waals surface area (Å²) in [5.41, 5.74) is 1.81. The quantitative estimate of drug-likeness (QED) is 0.594. The SMILES string of the molecule is CCOC(=O)c1c(NC(=O)CCN2C(=O)c3ccccc3C2=O)sc(C)c1C. The number of rotatable bonds is 6. The average molecular weight is 400 g/mol. The number of carbonyl (C=O) groups excluding carboxylic acids is 4. The van der Waals surface area contributed by atoms with Crippen LogP contribution in [0.1, 0.15) is 54.9 Å². The highest BCUT2D eigenvalue weighted by Gasteiger charge is 2.35. The predicted molar refractivity (Wildman–Crippen MR) is 105 cm³/mol. The second kappa shape index (κ2) is 7.93. The average Bonchev–Trinajstić information content (AvgIpc) is 3.07. The third kappa shape index (κ3) is 3.55. The van der Waals surface area contributed by atoms with Crippen LogP contribution in [0.4, 0.5) is 5.00 Å². The van der Waals surface area contributed by atoms with E-state index in [2.05, 4.69) is 5.32 Å². The lowest BCUT2D eigenvalue weighted by atomic mass is 10.1. The highest BCUT2D eigenvalue weighted by atomic mass is 32.1. The van der Waals surface area contributed by atoms with Gasteiger partial charge in [0.1, 0.15) is 5.00 Å². The fourth-order valence-corrected chi connectivity index (χ4v) is 4.07. The molecule has 28 heavy (non-hydrogen) atoms. The van der Waals surface area contributed by atoms with Crippen LogP contribution in [0.2, 0.25) is 0 Å². The molecule has 1 aliphatic heterocycles. The van der Waals surface area contributed by atoms with Gasteiger partial charge in [-0.15, -0.1) is 11.3 Å². The van der Waals surface area contributed by atoms with E-state index in [1.54, 1.807) is 38.1 Å². The molecule has 8 heteroatoms. The first-order chi connectivity index (χ1) is 13.3. The number of nitrogens with one attached hydrogen (secondary N) is 1. The minimum Gasteiger partial charge on any atom is -0.462 e. The number of aryl methyl sites for hydroxylation is 1. The lowest BCUT2D eigenvalue weighted by Crippen LogP contribution is -2.32. The van der Waals surface area contributed by atoms with E-state index in [4.69, 9.17) is 4.74 Å². The molecule has 1 N–H and O–H groups in total. The fraction of sp³-hybridized carbons (Fsp3) is 0.300. The fourth-order valence-electron chi connectivity index (χ4n) is 3.01. The van der Waals surface area contributed by atoms with Crippen LogP contribution < -0.4 is 5.32 Å². The Hall–Kier alpha value is -3.00. The van der Waals surface area contributed by atoms with Crippen molar-refractivity contribution in [3.8, 4) is 0 Å². The third-order valence-corrected chi connectivity index (χ3v) is 5.68. The van der Waals surface area contributed by atoms with E-state index in [1.165, 1.54) is 11.3 Å². The van der Waals surface area contributed by atoms with Gasteiger partial charge in [0.15, 0.2) is 0 Å². The van der Waals surface area contributed by atoms with Crippen LogP contribution in [0, 0.1) is 13.8 Å². The summed E-state index contributed by atoms with van der Waals surface area (Å²) >= 11 is 1.29. The van der Waals surface area contributed by atoms with Gasteiger partial charge >= 0.3 is 5.97 Å². The van der Waals surface area contributed by atoms with Crippen molar-refractivity contribution >= 4 is 40.0 Å². The highest BCUT2D eigenvalue weighted by Crippen LogP contribution is 2.33. The van der Waals surface area contributed by atoms with Crippen molar-refractivity contribution in [3.05, 3.63) is 51.4 Å². The Balaban J connectivity index is 1.68. The molecular formula is C20H20N2O5S. The number of benzene rings is 1. The van der Waals surface area contributed by atoms with Gasteiger partial charge in [0, 0.05) is 17.8 Å². The molecule has 3 rings (SSSR count). The summed E-state index contributed by atoms with van der Waals surface area (Å²) in [4.78, 5) is 51.3. The first-order valence-electron chi connectivity index (χ1n) is 8.87. The Morgan fingerprint density at radius 1 is 1.11 bits per heavy atom. The molecule has 146 valence electrons. The van der Waals surface area contributed by atoms with Crippen molar-refractivity contribution in [2.45, 2.75) is 27.2 Å². The number of hydrogen-bond donors (Lipinski definition) is 1. The minimum atomic E-state index is -0.486. The Morgan fingerprint density at radius 2 is 1.71 bits per heavy atom. The van der Waals surface area contributed by atoms with Crippen LogP contribution in [-0.4, -0.2) is 41.7 Å². The molecule has 0 unspecified atom stereocenters. The third-order valence-electron chi connectivity index (χ3n) is 4.56. The van der Waals surface area contributed by atoms with Gasteiger partial charge in [0.2, 0.25) is 5.91 Å². The zero-order valence-electron chi connectivity index (χ0n) is 15.8. The summed E-state index contributed by atoms with van der Waals surface area (Å²) in [6.45, 7) is 5.58. The van der Waals surface area contributed by atoms with Crippen LogP contribution in [0.3, 0.4) is 0 Å². The summed E-state index contributed by atoms with van der Waals surface area (Å²) < 4.78 is 5.07. The zero-order valence-corrected chi connectivity index (χ0v) is 16.6. The predicted octanol–water partition coefficient (Wildman–Crippen LogP) is 3.17. The van der Waals surface area contributed by atoms with Crippen LogP contribution >= 0.6 is 11.3 Å². The molecule has 0 saturated heterocycles. The number of anilines is 1. The summed E-state index contributed by atoms with van der Waals surface area (Å²) in [6.07, 6.45) is -0.0657. The number of imide groups is 1. The molecule has 0 radical (unpaired) electrons. The first kappa shape index (κ1) is 19.8. The van der Waals surface area contributed by atoms with Gasteiger partial charge in [-0.2, -0.15) is 0 Å². The molecule has 1 aliphatic rings. The van der Waals surface area contributed by atoms with E-state index >= 15 is 0 Å². The van der Waals surface area contributed by atoms with Crippen molar-refractivity contribution in [2.24, 2.45) is 0 Å². The van der Waals surface area contributed by atoms with Crippen molar-refractivity contribution < 1.29 is 23.9 Å². The summed E-state index contributed by atoms with van der Waals surface area (Å²) in [6, 6.07) is 6.58. The van der Waals surface area contributed by atoms with Crippen molar-refractivity contribution in [1.82, 2.24) is 4.90 Å². The van der Waals surface area contributed by atoms with Gasteiger partial charge in [-0.25, -0.2) is 4.79 Å². The lowest BCUT2D eigenvalue weighted by molar-refractivity contribution is -0.116. The number of ether oxygens (including phenoxy) is 1. The molecule has 2 aromatic rings. The Morgan fingerprint density at radius 3 is 2.29 bits per heavy atom. The normalized spacial score (nSPS) is 12.9. The maximum absolute atomic E-state index is 12.4. The topological polar surface area (TPSA) is 92.8 Å². The van der Waals surface area contributed by atoms with Gasteiger partial charge in [-0.1, -0.05) is 12.1 Å². The Bertz CT molecular complexity index is 944.